The first-order valence-electron chi connectivity index (χ1n) is 17.8. The zero-order valence-electron chi connectivity index (χ0n) is 28.6. The van der Waals surface area contributed by atoms with Gasteiger partial charge in [-0.05, 0) is 105 Å². The van der Waals surface area contributed by atoms with Gasteiger partial charge in [0.1, 0.15) is 10.8 Å². The number of carbonyl (C=O) groups excluding carboxylic acids is 2. The largest absolute Gasteiger partial charge is 0.507 e. The lowest BCUT2D eigenvalue weighted by atomic mass is 9.54. The number of aromatic hydroxyl groups is 1. The Bertz CT molecular complexity index is 1440. The Labute approximate surface area is 280 Å². The van der Waals surface area contributed by atoms with E-state index in [1.165, 1.54) is 71.3 Å². The molecular formula is C39H53ClO6. The minimum absolute atomic E-state index is 0.0359. The van der Waals surface area contributed by atoms with Gasteiger partial charge in [0.15, 0.2) is 23.0 Å². The van der Waals surface area contributed by atoms with E-state index in [1.807, 2.05) is 0 Å². The number of hydrogen-bond acceptors (Lipinski definition) is 6. The third-order valence-electron chi connectivity index (χ3n) is 13.5. The van der Waals surface area contributed by atoms with Gasteiger partial charge >= 0.3 is 0 Å². The number of methoxy groups -OCH3 is 3. The second-order valence-electron chi connectivity index (χ2n) is 15.4. The molecule has 4 saturated carbocycles. The molecule has 6 nitrogen and oxygen atoms in total. The van der Waals surface area contributed by atoms with Crippen molar-refractivity contribution in [1.29, 1.82) is 0 Å². The molecule has 0 unspecified atom stereocenters. The molecule has 0 aromatic heterocycles. The molecule has 0 aliphatic heterocycles. The molecule has 7 heteroatoms. The molecule has 0 spiro atoms. The predicted molar refractivity (Wildman–Crippen MR) is 181 cm³/mol. The Morgan fingerprint density at radius 3 is 1.87 bits per heavy atom. The smallest absolute Gasteiger partial charge is 0.240 e. The predicted octanol–water partition coefficient (Wildman–Crippen LogP) is 9.34. The number of phenolic OH excluding ortho intramolecular Hbond substituents is 1. The maximum Gasteiger partial charge on any atom is 0.240 e. The highest BCUT2D eigenvalue weighted by atomic mass is 35.5. The number of phenols is 1. The van der Waals surface area contributed by atoms with E-state index in [0.717, 1.165) is 25.7 Å². The van der Waals surface area contributed by atoms with Crippen LogP contribution in [0.15, 0.2) is 22.4 Å². The number of rotatable bonds is 8. The summed E-state index contributed by atoms with van der Waals surface area (Å²) in [5, 5.41) is 11.9. The quantitative estimate of drug-likeness (QED) is 0.282. The number of ketones is 2. The van der Waals surface area contributed by atoms with Crippen LogP contribution in [0, 0.1) is 34.5 Å². The second kappa shape index (κ2) is 13.2. The number of allylic oxidation sites excluding steroid dienone is 3. The summed E-state index contributed by atoms with van der Waals surface area (Å²) in [7, 11) is 4.59. The summed E-state index contributed by atoms with van der Waals surface area (Å²) in [5.41, 5.74) is 1.58. The van der Waals surface area contributed by atoms with Crippen LogP contribution in [0.1, 0.15) is 121 Å². The number of ether oxygens (including phenoxy) is 3. The van der Waals surface area contributed by atoms with Crippen LogP contribution < -0.4 is 9.47 Å². The summed E-state index contributed by atoms with van der Waals surface area (Å²) in [5.74, 6) is 1.98. The maximum absolute atomic E-state index is 14.6. The highest BCUT2D eigenvalue weighted by Gasteiger charge is 2.48. The van der Waals surface area contributed by atoms with Gasteiger partial charge in [-0.2, -0.15) is 0 Å². The lowest BCUT2D eigenvalue weighted by molar-refractivity contribution is -0.117. The van der Waals surface area contributed by atoms with Crippen molar-refractivity contribution in [2.24, 2.45) is 34.5 Å². The Hall–Kier alpha value is -2.47. The van der Waals surface area contributed by atoms with Crippen LogP contribution in [0.2, 0.25) is 0 Å². The maximum atomic E-state index is 14.6. The number of carbonyl (C=O) groups is 2. The van der Waals surface area contributed by atoms with Crippen LogP contribution in [-0.4, -0.2) is 38.0 Å². The lowest BCUT2D eigenvalue weighted by Crippen LogP contribution is -2.42. The Kier molecular flexibility index (Phi) is 9.60. The van der Waals surface area contributed by atoms with Crippen molar-refractivity contribution in [2.45, 2.75) is 117 Å². The number of benzene rings is 1. The van der Waals surface area contributed by atoms with Gasteiger partial charge in [0.2, 0.25) is 5.78 Å². The van der Waals surface area contributed by atoms with Crippen LogP contribution >= 0.6 is 11.6 Å². The van der Waals surface area contributed by atoms with Gasteiger partial charge < -0.3 is 19.3 Å². The molecule has 6 atom stereocenters. The van der Waals surface area contributed by atoms with E-state index < -0.39 is 5.78 Å². The van der Waals surface area contributed by atoms with E-state index in [9.17, 15) is 14.7 Å². The fraction of sp³-hybridized carbons (Fsp3) is 0.692. The van der Waals surface area contributed by atoms with Crippen molar-refractivity contribution in [3.63, 3.8) is 0 Å². The van der Waals surface area contributed by atoms with Crippen LogP contribution in [0.25, 0.3) is 5.57 Å². The van der Waals surface area contributed by atoms with Gasteiger partial charge in [0.05, 0.1) is 26.9 Å². The average Bonchev–Trinajstić information content (AvgIpc) is 3.05. The number of hydrogen-bond donors (Lipinski definition) is 1. The molecule has 1 aromatic rings. The van der Waals surface area contributed by atoms with Crippen LogP contribution in [0.3, 0.4) is 0 Å². The highest BCUT2D eigenvalue weighted by molar-refractivity contribution is 6.56. The number of Topliss-reactive ketones (excluding diaryl/α,β-unsaturated/α-hetero) is 2. The van der Waals surface area contributed by atoms with E-state index in [0.29, 0.717) is 53.2 Å². The van der Waals surface area contributed by atoms with Crippen molar-refractivity contribution in [3.05, 3.63) is 33.6 Å². The normalized spacial score (nSPS) is 33.4. The molecular weight excluding hydrogens is 600 g/mol. The lowest BCUT2D eigenvalue weighted by Gasteiger charge is -2.51. The number of fused-ring (bicyclic) bond motifs is 2. The molecule has 0 heterocycles. The first-order chi connectivity index (χ1) is 22.1. The Morgan fingerprint density at radius 2 is 1.33 bits per heavy atom. The summed E-state index contributed by atoms with van der Waals surface area (Å²) < 4.78 is 17.3. The molecule has 46 heavy (non-hydrogen) atoms. The standard InChI is InChI=1S/C39H53ClO6/c1-38-18-8-6-12-23(38)14-10-16-25(38)20-28-33(41)27(22-30(44-3)36(28)45-4)31-32(40)35(43)37(46-5)29(34(31)42)21-26-17-11-15-24-13-7-9-19-39(24,26)2/h22-26,41H,6-21H2,1-5H3/t23-,24-,25-,26-,38-,39-/m1/s1. The van der Waals surface area contributed by atoms with Gasteiger partial charge in [-0.3, -0.25) is 9.59 Å². The summed E-state index contributed by atoms with van der Waals surface area (Å²) >= 11 is 6.79. The monoisotopic (exact) mass is 652 g/mol. The second-order valence-corrected chi connectivity index (χ2v) is 15.8. The van der Waals surface area contributed by atoms with Crippen LogP contribution in [0.4, 0.5) is 0 Å². The first kappa shape index (κ1) is 33.4. The fourth-order valence-corrected chi connectivity index (χ4v) is 11.0. The van der Waals surface area contributed by atoms with Crippen molar-refractivity contribution >= 4 is 28.7 Å². The molecule has 1 N–H and O–H groups in total. The van der Waals surface area contributed by atoms with E-state index in [2.05, 4.69) is 13.8 Å². The molecule has 252 valence electrons. The SMILES string of the molecule is COC1=C(C[C@H]2CCC[C@H]3CCCC[C@]32C)C(=O)C(c2cc(OC)c(OC)c(C[C@H]3CCC[C@H]4CCCC[C@]43C)c2O)=C(Cl)C1=O. The topological polar surface area (TPSA) is 82.1 Å². The van der Waals surface area contributed by atoms with E-state index >= 15 is 0 Å². The van der Waals surface area contributed by atoms with Crippen LogP contribution in [0.5, 0.6) is 17.2 Å². The molecule has 0 bridgehead atoms. The average molecular weight is 653 g/mol. The molecule has 1 aromatic carbocycles. The zero-order chi connectivity index (χ0) is 32.8. The summed E-state index contributed by atoms with van der Waals surface area (Å²) in [6.45, 7) is 4.82. The van der Waals surface area contributed by atoms with E-state index in [4.69, 9.17) is 25.8 Å². The molecule has 0 amide bonds. The third kappa shape index (κ3) is 5.48. The molecule has 5 aliphatic carbocycles. The molecule has 5 aliphatic rings. The number of halogens is 1. The minimum Gasteiger partial charge on any atom is -0.507 e. The van der Waals surface area contributed by atoms with Gasteiger partial charge in [-0.15, -0.1) is 0 Å². The van der Waals surface area contributed by atoms with Gasteiger partial charge in [-0.1, -0.05) is 64.0 Å². The summed E-state index contributed by atoms with van der Waals surface area (Å²) in [4.78, 5) is 28.4. The minimum atomic E-state index is -0.504. The Balaban J connectivity index is 1.40. The Morgan fingerprint density at radius 1 is 0.761 bits per heavy atom. The van der Waals surface area contributed by atoms with E-state index in [1.54, 1.807) is 20.3 Å². The molecule has 0 saturated heterocycles. The molecule has 4 fully saturated rings. The van der Waals surface area contributed by atoms with Crippen molar-refractivity contribution in [2.75, 3.05) is 21.3 Å². The third-order valence-corrected chi connectivity index (χ3v) is 13.9. The van der Waals surface area contributed by atoms with E-state index in [-0.39, 0.29) is 50.2 Å². The van der Waals surface area contributed by atoms with Gasteiger partial charge in [0, 0.05) is 16.7 Å². The summed E-state index contributed by atoms with van der Waals surface area (Å²) in [6.07, 6.45) is 17.8. The molecule has 0 radical (unpaired) electrons. The van der Waals surface area contributed by atoms with Crippen LogP contribution in [-0.2, 0) is 20.7 Å². The highest BCUT2D eigenvalue weighted by Crippen LogP contribution is 2.58. The van der Waals surface area contributed by atoms with Gasteiger partial charge in [0.25, 0.3) is 0 Å². The first-order valence-corrected chi connectivity index (χ1v) is 18.2. The zero-order valence-corrected chi connectivity index (χ0v) is 29.3. The van der Waals surface area contributed by atoms with Crippen molar-refractivity contribution in [1.82, 2.24) is 0 Å². The van der Waals surface area contributed by atoms with Crippen molar-refractivity contribution in [3.8, 4) is 17.2 Å². The van der Waals surface area contributed by atoms with Crippen molar-refractivity contribution < 1.29 is 28.9 Å². The fourth-order valence-electron chi connectivity index (χ4n) is 10.7. The summed E-state index contributed by atoms with van der Waals surface area (Å²) in [6, 6.07) is 1.61. The van der Waals surface area contributed by atoms with Gasteiger partial charge in [-0.25, -0.2) is 0 Å². The molecule has 6 rings (SSSR count).